The van der Waals surface area contributed by atoms with E-state index in [9.17, 15) is 0 Å². The zero-order valence-electron chi connectivity index (χ0n) is 11.0. The lowest BCUT2D eigenvalue weighted by Gasteiger charge is -2.29. The van der Waals surface area contributed by atoms with Crippen molar-refractivity contribution < 1.29 is 9.47 Å². The summed E-state index contributed by atoms with van der Waals surface area (Å²) in [5, 5.41) is 1.37. The number of hydrogen-bond donors (Lipinski definition) is 0. The van der Waals surface area contributed by atoms with Gasteiger partial charge in [0.25, 0.3) is 0 Å². The second-order valence-corrected chi connectivity index (χ2v) is 5.74. The number of hydrogen-bond acceptors (Lipinski definition) is 2. The summed E-state index contributed by atoms with van der Waals surface area (Å²) in [4.78, 5) is 0. The van der Waals surface area contributed by atoms with Gasteiger partial charge in [0.2, 0.25) is 5.79 Å². The molecule has 1 aliphatic heterocycles. The highest BCUT2D eigenvalue weighted by atomic mass is 35.5. The molecule has 0 N–H and O–H groups in total. The maximum atomic E-state index is 6.09. The molecular formula is C16H14Cl2O2. The van der Waals surface area contributed by atoms with Crippen molar-refractivity contribution in [1.29, 1.82) is 0 Å². The van der Waals surface area contributed by atoms with Crippen LogP contribution in [0.5, 0.6) is 0 Å². The minimum Gasteiger partial charge on any atom is -0.339 e. The third-order valence-corrected chi connectivity index (χ3v) is 3.84. The Morgan fingerprint density at radius 1 is 0.900 bits per heavy atom. The Labute approximate surface area is 128 Å². The van der Waals surface area contributed by atoms with Crippen LogP contribution in [-0.2, 0) is 15.3 Å². The molecule has 0 aliphatic carbocycles. The topological polar surface area (TPSA) is 18.5 Å². The molecule has 2 aromatic rings. The standard InChI is InChI=1S/C16H14Cl2O2/c1-11-10-19-16(20-11,12-2-6-14(17)7-3-12)13-4-8-15(18)9-5-13/h2-9,11H,10H2,1H3/t11-/m0/s1. The maximum absolute atomic E-state index is 6.09. The fourth-order valence-corrected chi connectivity index (χ4v) is 2.65. The van der Waals surface area contributed by atoms with Gasteiger partial charge < -0.3 is 9.47 Å². The van der Waals surface area contributed by atoms with Crippen LogP contribution >= 0.6 is 23.2 Å². The average Bonchev–Trinajstić information content (AvgIpc) is 2.84. The van der Waals surface area contributed by atoms with E-state index in [4.69, 9.17) is 32.7 Å². The molecule has 4 heteroatoms. The molecule has 1 saturated heterocycles. The zero-order chi connectivity index (χ0) is 14.2. The van der Waals surface area contributed by atoms with Crippen molar-refractivity contribution in [1.82, 2.24) is 0 Å². The highest BCUT2D eigenvalue weighted by molar-refractivity contribution is 6.30. The van der Waals surface area contributed by atoms with Gasteiger partial charge >= 0.3 is 0 Å². The summed E-state index contributed by atoms with van der Waals surface area (Å²) in [7, 11) is 0. The molecule has 1 aliphatic rings. The molecule has 3 rings (SSSR count). The van der Waals surface area contributed by atoms with Gasteiger partial charge in [0.1, 0.15) is 0 Å². The molecular weight excluding hydrogens is 295 g/mol. The minimum atomic E-state index is -0.880. The SMILES string of the molecule is C[C@H]1COC(c2ccc(Cl)cc2)(c2ccc(Cl)cc2)O1. The Balaban J connectivity index is 2.09. The fraction of sp³-hybridized carbons (Fsp3) is 0.250. The highest BCUT2D eigenvalue weighted by Gasteiger charge is 2.43. The summed E-state index contributed by atoms with van der Waals surface area (Å²) in [6.07, 6.45) is 0.0290. The number of ether oxygens (including phenoxy) is 2. The summed E-state index contributed by atoms with van der Waals surface area (Å²) < 4.78 is 12.1. The first-order valence-corrected chi connectivity index (χ1v) is 7.19. The van der Waals surface area contributed by atoms with E-state index in [0.29, 0.717) is 16.7 Å². The second kappa shape index (κ2) is 5.38. The van der Waals surface area contributed by atoms with Gasteiger partial charge in [0.15, 0.2) is 0 Å². The first-order valence-electron chi connectivity index (χ1n) is 6.44. The van der Waals surface area contributed by atoms with Crippen molar-refractivity contribution in [2.24, 2.45) is 0 Å². The number of benzene rings is 2. The third-order valence-electron chi connectivity index (χ3n) is 3.34. The molecule has 2 nitrogen and oxygen atoms in total. The molecule has 0 spiro atoms. The van der Waals surface area contributed by atoms with E-state index < -0.39 is 5.79 Å². The van der Waals surface area contributed by atoms with Crippen LogP contribution in [0.1, 0.15) is 18.1 Å². The normalized spacial score (nSPS) is 21.1. The number of halogens is 2. The Morgan fingerprint density at radius 2 is 1.35 bits per heavy atom. The van der Waals surface area contributed by atoms with E-state index in [2.05, 4.69) is 0 Å². The van der Waals surface area contributed by atoms with Gasteiger partial charge in [-0.3, -0.25) is 0 Å². The molecule has 1 atom stereocenters. The molecule has 2 aromatic carbocycles. The average molecular weight is 309 g/mol. The maximum Gasteiger partial charge on any atom is 0.222 e. The van der Waals surface area contributed by atoms with E-state index in [-0.39, 0.29) is 6.10 Å². The largest absolute Gasteiger partial charge is 0.339 e. The predicted molar refractivity (Wildman–Crippen MR) is 80.2 cm³/mol. The fourth-order valence-electron chi connectivity index (χ4n) is 2.39. The Kier molecular flexibility index (Phi) is 3.74. The van der Waals surface area contributed by atoms with E-state index in [1.165, 1.54) is 0 Å². The summed E-state index contributed by atoms with van der Waals surface area (Å²) in [5.74, 6) is -0.880. The molecule has 0 saturated carbocycles. The molecule has 1 heterocycles. The molecule has 0 bridgehead atoms. The lowest BCUT2D eigenvalue weighted by Crippen LogP contribution is -2.29. The molecule has 0 aromatic heterocycles. The van der Waals surface area contributed by atoms with Gasteiger partial charge in [-0.25, -0.2) is 0 Å². The Morgan fingerprint density at radius 3 is 1.70 bits per heavy atom. The highest BCUT2D eigenvalue weighted by Crippen LogP contribution is 2.41. The second-order valence-electron chi connectivity index (χ2n) is 4.87. The van der Waals surface area contributed by atoms with E-state index >= 15 is 0 Å². The van der Waals surface area contributed by atoms with Crippen molar-refractivity contribution in [2.75, 3.05) is 6.61 Å². The van der Waals surface area contributed by atoms with E-state index in [0.717, 1.165) is 11.1 Å². The van der Waals surface area contributed by atoms with Gasteiger partial charge in [-0.15, -0.1) is 0 Å². The van der Waals surface area contributed by atoms with Crippen LogP contribution < -0.4 is 0 Å². The van der Waals surface area contributed by atoms with Crippen LogP contribution in [0.4, 0.5) is 0 Å². The van der Waals surface area contributed by atoms with E-state index in [1.54, 1.807) is 0 Å². The van der Waals surface area contributed by atoms with Crippen LogP contribution in [0.2, 0.25) is 10.0 Å². The van der Waals surface area contributed by atoms with Gasteiger partial charge in [-0.1, -0.05) is 47.5 Å². The van der Waals surface area contributed by atoms with Gasteiger partial charge in [-0.05, 0) is 31.2 Å². The lowest BCUT2D eigenvalue weighted by molar-refractivity contribution is -0.140. The first kappa shape index (κ1) is 13.9. The third kappa shape index (κ3) is 2.45. The lowest BCUT2D eigenvalue weighted by atomic mass is 9.97. The first-order chi connectivity index (χ1) is 9.60. The van der Waals surface area contributed by atoms with Gasteiger partial charge in [-0.2, -0.15) is 0 Å². The minimum absolute atomic E-state index is 0.0290. The summed E-state index contributed by atoms with van der Waals surface area (Å²) >= 11 is 11.9. The van der Waals surface area contributed by atoms with Crippen molar-refractivity contribution in [2.45, 2.75) is 18.8 Å². The van der Waals surface area contributed by atoms with E-state index in [1.807, 2.05) is 55.5 Å². The molecule has 0 unspecified atom stereocenters. The Bertz CT molecular complexity index is 547. The van der Waals surface area contributed by atoms with Crippen molar-refractivity contribution >= 4 is 23.2 Å². The number of rotatable bonds is 2. The van der Waals surface area contributed by atoms with Gasteiger partial charge in [0.05, 0.1) is 12.7 Å². The quantitative estimate of drug-likeness (QED) is 0.805. The van der Waals surface area contributed by atoms with Crippen molar-refractivity contribution in [3.63, 3.8) is 0 Å². The van der Waals surface area contributed by atoms with Crippen LogP contribution in [0.3, 0.4) is 0 Å². The summed E-state index contributed by atoms with van der Waals surface area (Å²) in [6, 6.07) is 15.1. The van der Waals surface area contributed by atoms with Gasteiger partial charge in [0, 0.05) is 21.2 Å². The molecule has 0 amide bonds. The predicted octanol–water partition coefficient (Wildman–Crippen LogP) is 4.63. The Hall–Kier alpha value is -1.06. The van der Waals surface area contributed by atoms with Crippen LogP contribution in [0, 0.1) is 0 Å². The molecule has 104 valence electrons. The molecule has 0 radical (unpaired) electrons. The zero-order valence-corrected chi connectivity index (χ0v) is 12.5. The molecule has 1 fully saturated rings. The monoisotopic (exact) mass is 308 g/mol. The van der Waals surface area contributed by atoms with Crippen molar-refractivity contribution in [3.05, 3.63) is 69.7 Å². The van der Waals surface area contributed by atoms with Crippen molar-refractivity contribution in [3.8, 4) is 0 Å². The smallest absolute Gasteiger partial charge is 0.222 e. The summed E-state index contributed by atoms with van der Waals surface area (Å²) in [5.41, 5.74) is 1.85. The summed E-state index contributed by atoms with van der Waals surface area (Å²) in [6.45, 7) is 2.54. The van der Waals surface area contributed by atoms with Crippen LogP contribution in [0.25, 0.3) is 0 Å². The van der Waals surface area contributed by atoms with Crippen LogP contribution in [-0.4, -0.2) is 12.7 Å². The molecule has 20 heavy (non-hydrogen) atoms. The van der Waals surface area contributed by atoms with Crippen LogP contribution in [0.15, 0.2) is 48.5 Å².